The Labute approximate surface area is 123 Å². The molecule has 3 aromatic carbocycles. The summed E-state index contributed by atoms with van der Waals surface area (Å²) >= 11 is 0. The molecule has 0 saturated carbocycles. The van der Waals surface area contributed by atoms with Crippen LogP contribution in [-0.2, 0) is 13.3 Å². The molecule has 0 N–H and O–H groups in total. The van der Waals surface area contributed by atoms with E-state index in [0.29, 0.717) is 11.1 Å². The van der Waals surface area contributed by atoms with E-state index >= 15 is 0 Å². The number of hydrogen-bond acceptors (Lipinski definition) is 0. The van der Waals surface area contributed by atoms with Crippen molar-refractivity contribution in [1.82, 2.24) is 0 Å². The lowest BCUT2D eigenvalue weighted by Gasteiger charge is -2.12. The maximum Gasteiger partial charge on any atom is 0.115 e. The van der Waals surface area contributed by atoms with Crippen LogP contribution in [0.2, 0.25) is 0 Å². The van der Waals surface area contributed by atoms with Crippen molar-refractivity contribution in [2.75, 3.05) is 0 Å². The molecule has 0 aromatic heterocycles. The van der Waals surface area contributed by atoms with E-state index in [1.54, 1.807) is 18.2 Å². The first-order valence-corrected chi connectivity index (χ1v) is 6.96. The molecular formula is C19H16F2. The van der Waals surface area contributed by atoms with Crippen LogP contribution in [0.4, 0.5) is 8.78 Å². The van der Waals surface area contributed by atoms with Gasteiger partial charge in [-0.15, -0.1) is 0 Å². The van der Waals surface area contributed by atoms with E-state index in [9.17, 15) is 8.78 Å². The Morgan fingerprint density at radius 2 is 1.43 bits per heavy atom. The topological polar surface area (TPSA) is 0 Å². The average Bonchev–Trinajstić information content (AvgIpc) is 2.54. The van der Waals surface area contributed by atoms with Crippen molar-refractivity contribution in [1.29, 1.82) is 0 Å². The van der Waals surface area contributed by atoms with Crippen molar-refractivity contribution in [3.63, 3.8) is 0 Å². The van der Waals surface area contributed by atoms with Gasteiger partial charge in [-0.05, 0) is 57.6 Å². The van der Waals surface area contributed by atoms with E-state index in [0.717, 1.165) is 27.5 Å². The summed E-state index contributed by atoms with van der Waals surface area (Å²) in [4.78, 5) is 0. The summed E-state index contributed by atoms with van der Waals surface area (Å²) in [7, 11) is 0. The fraction of sp³-hybridized carbons (Fsp3) is 0.158. The van der Waals surface area contributed by atoms with E-state index in [1.165, 1.54) is 0 Å². The first-order chi connectivity index (χ1) is 10.2. The number of aryl methyl sites for hydroxylation is 1. The molecule has 0 heterocycles. The summed E-state index contributed by atoms with van der Waals surface area (Å²) < 4.78 is 26.0. The van der Waals surface area contributed by atoms with E-state index in [4.69, 9.17) is 0 Å². The second-order valence-corrected chi connectivity index (χ2v) is 5.28. The molecule has 2 heteroatoms. The predicted octanol–water partition coefficient (Wildman–Crippen LogP) is 5.75. The van der Waals surface area contributed by atoms with Crippen LogP contribution in [0, 0.1) is 6.92 Å². The molecule has 0 saturated heterocycles. The zero-order valence-corrected chi connectivity index (χ0v) is 11.9. The van der Waals surface area contributed by atoms with Crippen LogP contribution < -0.4 is 0 Å². The van der Waals surface area contributed by atoms with Gasteiger partial charge in [-0.25, -0.2) is 8.78 Å². The summed E-state index contributed by atoms with van der Waals surface area (Å²) in [5.74, 6) is 0. The number of fused-ring (bicyclic) bond motifs is 1. The van der Waals surface area contributed by atoms with Crippen molar-refractivity contribution >= 4 is 10.8 Å². The van der Waals surface area contributed by atoms with Gasteiger partial charge in [0.25, 0.3) is 0 Å². The van der Waals surface area contributed by atoms with E-state index in [2.05, 4.69) is 25.1 Å². The number of alkyl halides is 2. The maximum absolute atomic E-state index is 13.0. The monoisotopic (exact) mass is 282 g/mol. The summed E-state index contributed by atoms with van der Waals surface area (Å²) in [5, 5.41) is 2.28. The Balaban J connectivity index is 2.30. The van der Waals surface area contributed by atoms with Crippen LogP contribution in [0.1, 0.15) is 16.7 Å². The molecule has 0 atom stereocenters. The van der Waals surface area contributed by atoms with Gasteiger partial charge in [0.05, 0.1) is 0 Å². The standard InChI is InChI=1S/C19H16F2/c1-13-4-2-5-16-6-3-7-18(19(13)16)17-9-14(11-20)8-15(10-17)12-21/h2-10H,11-12H2,1H3. The smallest absolute Gasteiger partial charge is 0.115 e. The summed E-state index contributed by atoms with van der Waals surface area (Å²) in [6, 6.07) is 17.4. The molecule has 0 aliphatic heterocycles. The predicted molar refractivity (Wildman–Crippen MR) is 83.7 cm³/mol. The lowest BCUT2D eigenvalue weighted by Crippen LogP contribution is -1.90. The largest absolute Gasteiger partial charge is 0.246 e. The molecule has 0 spiro atoms. The maximum atomic E-state index is 13.0. The quantitative estimate of drug-likeness (QED) is 0.573. The second-order valence-electron chi connectivity index (χ2n) is 5.28. The van der Waals surface area contributed by atoms with E-state index < -0.39 is 13.3 Å². The molecule has 0 radical (unpaired) electrons. The van der Waals surface area contributed by atoms with Gasteiger partial charge in [-0.1, -0.05) is 42.5 Å². The highest BCUT2D eigenvalue weighted by molar-refractivity contribution is 5.99. The van der Waals surface area contributed by atoms with Crippen molar-refractivity contribution in [2.24, 2.45) is 0 Å². The van der Waals surface area contributed by atoms with E-state index in [-0.39, 0.29) is 0 Å². The van der Waals surface area contributed by atoms with Gasteiger partial charge in [0.2, 0.25) is 0 Å². The van der Waals surface area contributed by atoms with Gasteiger partial charge >= 0.3 is 0 Å². The van der Waals surface area contributed by atoms with Crippen molar-refractivity contribution in [3.8, 4) is 11.1 Å². The molecule has 21 heavy (non-hydrogen) atoms. The summed E-state index contributed by atoms with van der Waals surface area (Å²) in [6.45, 7) is 0.899. The van der Waals surface area contributed by atoms with Crippen LogP contribution in [0.5, 0.6) is 0 Å². The minimum atomic E-state index is -0.579. The zero-order chi connectivity index (χ0) is 14.8. The normalized spacial score (nSPS) is 11.0. The Kier molecular flexibility index (Phi) is 3.70. The highest BCUT2D eigenvalue weighted by Crippen LogP contribution is 2.32. The summed E-state index contributed by atoms with van der Waals surface area (Å²) in [5.41, 5.74) is 4.10. The van der Waals surface area contributed by atoms with E-state index in [1.807, 2.05) is 18.2 Å². The molecular weight excluding hydrogens is 266 g/mol. The van der Waals surface area contributed by atoms with Gasteiger partial charge in [-0.2, -0.15) is 0 Å². The Bertz CT molecular complexity index is 763. The molecule has 0 aliphatic rings. The number of halogens is 2. The average molecular weight is 282 g/mol. The summed E-state index contributed by atoms with van der Waals surface area (Å²) in [6.07, 6.45) is 0. The molecule has 3 rings (SSSR count). The van der Waals surface area contributed by atoms with Crippen LogP contribution in [0.15, 0.2) is 54.6 Å². The molecule has 3 aromatic rings. The number of rotatable bonds is 3. The highest BCUT2D eigenvalue weighted by atomic mass is 19.1. The van der Waals surface area contributed by atoms with Gasteiger partial charge in [-0.3, -0.25) is 0 Å². The molecule has 0 aliphatic carbocycles. The lowest BCUT2D eigenvalue weighted by molar-refractivity contribution is 0.475. The van der Waals surface area contributed by atoms with Crippen LogP contribution in [0.25, 0.3) is 21.9 Å². The van der Waals surface area contributed by atoms with Gasteiger partial charge in [0.15, 0.2) is 0 Å². The fourth-order valence-corrected chi connectivity index (χ4v) is 2.84. The third-order valence-electron chi connectivity index (χ3n) is 3.79. The molecule has 0 nitrogen and oxygen atoms in total. The molecule has 0 bridgehead atoms. The second kappa shape index (κ2) is 5.65. The molecule has 0 unspecified atom stereocenters. The van der Waals surface area contributed by atoms with Crippen molar-refractivity contribution < 1.29 is 8.78 Å². The van der Waals surface area contributed by atoms with Gasteiger partial charge in [0, 0.05) is 0 Å². The lowest BCUT2D eigenvalue weighted by atomic mass is 9.93. The molecule has 0 fully saturated rings. The first kappa shape index (κ1) is 13.7. The van der Waals surface area contributed by atoms with Crippen molar-refractivity contribution in [3.05, 3.63) is 71.3 Å². The number of hydrogen-bond donors (Lipinski definition) is 0. The Morgan fingerprint density at radius 3 is 2.05 bits per heavy atom. The Hall–Kier alpha value is -2.22. The molecule has 0 amide bonds. The van der Waals surface area contributed by atoms with Gasteiger partial charge in [0.1, 0.15) is 13.3 Å². The van der Waals surface area contributed by atoms with Crippen molar-refractivity contribution in [2.45, 2.75) is 20.3 Å². The number of benzene rings is 3. The third kappa shape index (κ3) is 2.54. The fourth-order valence-electron chi connectivity index (χ4n) is 2.84. The molecule has 106 valence electrons. The van der Waals surface area contributed by atoms with Crippen LogP contribution in [-0.4, -0.2) is 0 Å². The third-order valence-corrected chi connectivity index (χ3v) is 3.79. The highest BCUT2D eigenvalue weighted by Gasteiger charge is 2.08. The van der Waals surface area contributed by atoms with Crippen LogP contribution >= 0.6 is 0 Å². The minimum Gasteiger partial charge on any atom is -0.246 e. The SMILES string of the molecule is Cc1cccc2cccc(-c3cc(CF)cc(CF)c3)c12. The first-order valence-electron chi connectivity index (χ1n) is 6.96. The van der Waals surface area contributed by atoms with Crippen LogP contribution in [0.3, 0.4) is 0 Å². The zero-order valence-electron chi connectivity index (χ0n) is 11.9. The Morgan fingerprint density at radius 1 is 0.810 bits per heavy atom. The van der Waals surface area contributed by atoms with Gasteiger partial charge < -0.3 is 0 Å². The minimum absolute atomic E-state index is 0.519.